The molecule has 4 N–H and O–H groups in total. The molecule has 0 unspecified atom stereocenters. The number of rotatable bonds is 14. The van der Waals surface area contributed by atoms with E-state index in [2.05, 4.69) is 119 Å². The smallest absolute Gasteiger partial charge is 0.369 e. The van der Waals surface area contributed by atoms with E-state index in [0.717, 1.165) is 63.2 Å². The van der Waals surface area contributed by atoms with Gasteiger partial charge in [-0.1, -0.05) is 32.8 Å². The molecule has 12 nitrogen and oxygen atoms in total. The van der Waals surface area contributed by atoms with Crippen LogP contribution in [0.4, 0.5) is 22.7 Å². The molecule has 0 amide bonds. The molecule has 0 spiro atoms. The standard InChI is InChI=1S/C25H25N3O2S.C23H21N3O4S.BBr3/c1-4-5-12-30-23-15-19(29)8-11-21(23)28-27-18-7-9-20(17(3)14-18)25-26-22-10-6-16(2)13-24(22)31-25;1-2-3-10-30-21-12-15(27)5-8-18(21)26-25-14-4-7-17(20(29)11-14)23-24-19-9-6-16(28)13-22(19)31-23;2-1(3)4/h6-11,13-15,29H,4-5,12H2,1-3H3;4-9,11-13,27-29H,2-3,10H2,1H3;. The second-order valence-electron chi connectivity index (χ2n) is 14.7. The van der Waals surface area contributed by atoms with Crippen LogP contribution in [0, 0.1) is 13.8 Å². The van der Waals surface area contributed by atoms with Crippen molar-refractivity contribution >= 4 is 116 Å². The molecule has 2 heterocycles. The molecule has 18 heteroatoms. The first-order valence-corrected chi connectivity index (χ1v) is 25.3. The molecule has 6 aromatic carbocycles. The summed E-state index contributed by atoms with van der Waals surface area (Å²) in [4.78, 5) is 9.30. The van der Waals surface area contributed by atoms with Gasteiger partial charge in [-0.2, -0.15) is 10.2 Å². The van der Waals surface area contributed by atoms with Crippen LogP contribution in [0.5, 0.6) is 34.5 Å². The van der Waals surface area contributed by atoms with Crippen LogP contribution in [0.15, 0.2) is 130 Å². The minimum absolute atomic E-state index is 0.0323. The molecule has 0 atom stereocenters. The number of nitrogens with zero attached hydrogens (tertiary/aromatic N) is 6. The summed E-state index contributed by atoms with van der Waals surface area (Å²) in [7, 11) is 0. The van der Waals surface area contributed by atoms with Gasteiger partial charge < -0.3 is 29.9 Å². The maximum Gasteiger partial charge on any atom is 0.369 e. The Morgan fingerprint density at radius 2 is 1.02 bits per heavy atom. The first kappa shape index (κ1) is 50.0. The molecule has 0 fully saturated rings. The first-order valence-electron chi connectivity index (χ1n) is 20.9. The van der Waals surface area contributed by atoms with Gasteiger partial charge in [0.05, 0.1) is 50.6 Å². The van der Waals surface area contributed by atoms with E-state index < -0.39 is 0 Å². The molecule has 0 aliphatic rings. The van der Waals surface area contributed by atoms with E-state index in [1.54, 1.807) is 65.9 Å². The number of benzene rings is 6. The van der Waals surface area contributed by atoms with Gasteiger partial charge in [0.1, 0.15) is 55.9 Å². The molecule has 0 radical (unpaired) electrons. The summed E-state index contributed by atoms with van der Waals surface area (Å²) in [5.74, 6) is 1.44. The lowest BCUT2D eigenvalue weighted by molar-refractivity contribution is 0.308. The van der Waals surface area contributed by atoms with Gasteiger partial charge in [-0.25, -0.2) is 9.97 Å². The van der Waals surface area contributed by atoms with E-state index in [-0.39, 0.29) is 26.2 Å². The minimum Gasteiger partial charge on any atom is -0.508 e. The summed E-state index contributed by atoms with van der Waals surface area (Å²) in [6, 6.07) is 31.8. The normalized spacial score (nSPS) is 11.1. The van der Waals surface area contributed by atoms with Crippen molar-refractivity contribution in [3.63, 3.8) is 0 Å². The molecule has 0 aliphatic carbocycles. The van der Waals surface area contributed by atoms with Crippen LogP contribution in [0.3, 0.4) is 0 Å². The second kappa shape index (κ2) is 24.4. The van der Waals surface area contributed by atoms with Crippen LogP contribution < -0.4 is 9.47 Å². The fourth-order valence-electron chi connectivity index (χ4n) is 6.17. The van der Waals surface area contributed by atoms with E-state index >= 15 is 0 Å². The zero-order valence-corrected chi connectivity index (χ0v) is 42.8. The average molecular weight is 1120 g/mol. The number of ether oxygens (including phenoxy) is 2. The molecule has 0 aliphatic heterocycles. The van der Waals surface area contributed by atoms with E-state index in [9.17, 15) is 20.4 Å². The number of hydrogen-bond acceptors (Lipinski definition) is 14. The van der Waals surface area contributed by atoms with Crippen molar-refractivity contribution in [3.8, 4) is 55.6 Å². The van der Waals surface area contributed by atoms with E-state index in [0.29, 0.717) is 52.3 Å². The number of aromatic hydroxyl groups is 4. The molecule has 8 aromatic rings. The van der Waals surface area contributed by atoms with Crippen LogP contribution in [0.1, 0.15) is 50.7 Å². The number of phenolic OH excluding ortho intramolecular Hbond substituents is 4. The summed E-state index contributed by atoms with van der Waals surface area (Å²) >= 11 is 12.4. The lowest BCUT2D eigenvalue weighted by Gasteiger charge is -2.08. The molecule has 0 bridgehead atoms. The first-order chi connectivity index (χ1) is 31.8. The van der Waals surface area contributed by atoms with Gasteiger partial charge in [0.25, 0.3) is 0 Å². The third kappa shape index (κ3) is 14.3. The topological polar surface area (TPSA) is 175 Å². The number of azo groups is 2. The maximum absolute atomic E-state index is 10.5. The van der Waals surface area contributed by atoms with Gasteiger partial charge in [-0.15, -0.1) is 80.2 Å². The van der Waals surface area contributed by atoms with Gasteiger partial charge in [0.2, 0.25) is 0 Å². The Labute approximate surface area is 416 Å². The highest BCUT2D eigenvalue weighted by Gasteiger charge is 2.13. The van der Waals surface area contributed by atoms with Crippen LogP contribution in [-0.2, 0) is 0 Å². The van der Waals surface area contributed by atoms with Crippen molar-refractivity contribution < 1.29 is 29.9 Å². The SMILES string of the molecule is BrB(Br)Br.CCCCOc1cc(O)ccc1N=Nc1ccc(-c2nc3ccc(C)cc3s2)c(C)c1.CCCCOc1cc(O)ccc1N=Nc1ccc(-c2nc3ccc(O)cc3s2)c(O)c1. The molecule has 0 saturated heterocycles. The van der Waals surface area contributed by atoms with Crippen LogP contribution in [0.25, 0.3) is 41.6 Å². The Morgan fingerprint density at radius 3 is 1.55 bits per heavy atom. The van der Waals surface area contributed by atoms with Crippen molar-refractivity contribution in [2.24, 2.45) is 20.5 Å². The molecular formula is C48H46BBr3N6O6S2. The van der Waals surface area contributed by atoms with Crippen LogP contribution >= 0.6 is 69.9 Å². The summed E-state index contributed by atoms with van der Waals surface area (Å²) in [5.41, 5.74) is 8.10. The predicted molar refractivity (Wildman–Crippen MR) is 281 cm³/mol. The van der Waals surface area contributed by atoms with E-state index in [4.69, 9.17) is 14.5 Å². The molecule has 0 saturated carbocycles. The molecular weight excluding hydrogens is 1070 g/mol. The molecule has 66 heavy (non-hydrogen) atoms. The number of thiazole rings is 2. The van der Waals surface area contributed by atoms with E-state index in [1.807, 2.05) is 18.2 Å². The lowest BCUT2D eigenvalue weighted by atomic mass is 10.1. The Balaban J connectivity index is 0.000000202. The molecule has 340 valence electrons. The van der Waals surface area contributed by atoms with Gasteiger partial charge in [0.15, 0.2) is 0 Å². The quantitative estimate of drug-likeness (QED) is 0.0473. The van der Waals surface area contributed by atoms with Gasteiger partial charge in [-0.3, -0.25) is 0 Å². The van der Waals surface area contributed by atoms with Crippen molar-refractivity contribution in [2.45, 2.75) is 53.4 Å². The third-order valence-electron chi connectivity index (χ3n) is 9.51. The average Bonchev–Trinajstić information content (AvgIpc) is 3.90. The Morgan fingerprint density at radius 1 is 0.545 bits per heavy atom. The monoisotopic (exact) mass is 1110 g/mol. The van der Waals surface area contributed by atoms with Crippen molar-refractivity contribution in [1.82, 2.24) is 9.97 Å². The van der Waals surface area contributed by atoms with Crippen LogP contribution in [-0.4, -0.2) is 46.8 Å². The highest BCUT2D eigenvalue weighted by molar-refractivity contribution is 9.69. The largest absolute Gasteiger partial charge is 0.508 e. The summed E-state index contributed by atoms with van der Waals surface area (Å²) in [5, 5.41) is 58.5. The van der Waals surface area contributed by atoms with Gasteiger partial charge in [0, 0.05) is 23.8 Å². The van der Waals surface area contributed by atoms with Crippen LogP contribution in [0.2, 0.25) is 0 Å². The lowest BCUT2D eigenvalue weighted by Crippen LogP contribution is -1.96. The number of hydrogen-bond donors (Lipinski definition) is 4. The Bertz CT molecular complexity index is 2770. The maximum atomic E-state index is 10.5. The van der Waals surface area contributed by atoms with Gasteiger partial charge in [-0.05, 0) is 123 Å². The molecule has 8 rings (SSSR count). The Hall–Kier alpha value is -5.40. The number of phenols is 4. The summed E-state index contributed by atoms with van der Waals surface area (Å²) in [6.45, 7) is 9.44. The van der Waals surface area contributed by atoms with Crippen molar-refractivity contribution in [1.29, 1.82) is 0 Å². The highest BCUT2D eigenvalue weighted by Crippen LogP contribution is 2.40. The summed E-state index contributed by atoms with van der Waals surface area (Å²) < 4.78 is 13.8. The summed E-state index contributed by atoms with van der Waals surface area (Å²) in [6.07, 6.45) is 3.87. The fraction of sp³-hybridized carbons (Fsp3) is 0.208. The van der Waals surface area contributed by atoms with Crippen molar-refractivity contribution in [3.05, 3.63) is 120 Å². The second-order valence-corrected chi connectivity index (χ2v) is 23.2. The van der Waals surface area contributed by atoms with Gasteiger partial charge >= 0.3 is 3.18 Å². The number of aromatic nitrogens is 2. The van der Waals surface area contributed by atoms with Crippen molar-refractivity contribution in [2.75, 3.05) is 13.2 Å². The van der Waals surface area contributed by atoms with E-state index in [1.165, 1.54) is 39.8 Å². The zero-order chi connectivity index (χ0) is 47.2. The number of fused-ring (bicyclic) bond motifs is 2. The fourth-order valence-corrected chi connectivity index (χ4v) is 8.35. The third-order valence-corrected chi connectivity index (χ3v) is 11.6. The predicted octanol–water partition coefficient (Wildman–Crippen LogP) is 16.7. The Kier molecular flexibility index (Phi) is 18.5. The number of halogens is 3. The number of unbranched alkanes of at least 4 members (excludes halogenated alkanes) is 2. The zero-order valence-electron chi connectivity index (χ0n) is 36.5. The minimum atomic E-state index is 0.0323. The molecule has 2 aromatic heterocycles. The number of aryl methyl sites for hydroxylation is 2. The highest BCUT2D eigenvalue weighted by atomic mass is 79.9.